The van der Waals surface area contributed by atoms with E-state index in [1.165, 1.54) is 0 Å². The van der Waals surface area contributed by atoms with Gasteiger partial charge in [-0.3, -0.25) is 0 Å². The van der Waals surface area contributed by atoms with Gasteiger partial charge >= 0.3 is 5.97 Å². The maximum absolute atomic E-state index is 13.1. The van der Waals surface area contributed by atoms with E-state index < -0.39 is 11.9 Å². The number of rotatable bonds is 8. The summed E-state index contributed by atoms with van der Waals surface area (Å²) in [5.74, 6) is 0.513. The highest BCUT2D eigenvalue weighted by Crippen LogP contribution is 2.44. The predicted octanol–water partition coefficient (Wildman–Crippen LogP) is 6.92. The van der Waals surface area contributed by atoms with Crippen LogP contribution in [0, 0.1) is 18.3 Å². The third-order valence-corrected chi connectivity index (χ3v) is 6.95. The Labute approximate surface area is 227 Å². The van der Waals surface area contributed by atoms with E-state index in [9.17, 15) is 10.1 Å². The number of esters is 1. The standard InChI is InChI=1S/C32H30N2O5/c1-4-6-14-36-22-9-7-8-21(16-22)29-24-12-11-23(17-28(24)39-31(34)26(29)18-33)37-32(35)30-19(3)25-15-20(5-2)10-13-27(25)38-30/h7-13,15-17,29H,4-6,14,34H2,1-3H3. The number of nitrogens with zero attached hydrogens (tertiary/aromatic N) is 1. The molecular weight excluding hydrogens is 492 g/mol. The molecule has 3 aromatic carbocycles. The van der Waals surface area contributed by atoms with Gasteiger partial charge in [0.05, 0.1) is 12.5 Å². The first kappa shape index (κ1) is 25.9. The zero-order chi connectivity index (χ0) is 27.5. The molecule has 7 nitrogen and oxygen atoms in total. The molecule has 198 valence electrons. The summed E-state index contributed by atoms with van der Waals surface area (Å²) in [5.41, 5.74) is 10.6. The second kappa shape index (κ2) is 11.0. The summed E-state index contributed by atoms with van der Waals surface area (Å²) in [6, 6.07) is 20.8. The van der Waals surface area contributed by atoms with E-state index in [-0.39, 0.29) is 17.4 Å². The summed E-state index contributed by atoms with van der Waals surface area (Å²) in [7, 11) is 0. The molecule has 2 heterocycles. The topological polar surface area (TPSA) is 108 Å². The van der Waals surface area contributed by atoms with Gasteiger partial charge in [0, 0.05) is 22.6 Å². The van der Waals surface area contributed by atoms with Crippen LogP contribution in [-0.4, -0.2) is 12.6 Å². The molecule has 0 saturated heterocycles. The molecule has 7 heteroatoms. The van der Waals surface area contributed by atoms with Crippen molar-refractivity contribution in [1.29, 1.82) is 5.26 Å². The summed E-state index contributed by atoms with van der Waals surface area (Å²) in [6.45, 7) is 6.65. The van der Waals surface area contributed by atoms with E-state index in [1.54, 1.807) is 18.2 Å². The van der Waals surface area contributed by atoms with Crippen LogP contribution >= 0.6 is 0 Å². The number of allylic oxidation sites excluding steroid dienone is 1. The summed E-state index contributed by atoms with van der Waals surface area (Å²) in [5, 5.41) is 10.8. The molecule has 0 saturated carbocycles. The van der Waals surface area contributed by atoms with Crippen molar-refractivity contribution in [1.82, 2.24) is 0 Å². The van der Waals surface area contributed by atoms with Crippen LogP contribution in [0.1, 0.15) is 65.4 Å². The Bertz CT molecular complexity index is 1630. The van der Waals surface area contributed by atoms with Gasteiger partial charge in [-0.2, -0.15) is 5.26 Å². The number of nitrogens with two attached hydrogens (primary N) is 1. The van der Waals surface area contributed by atoms with Crippen molar-refractivity contribution in [3.63, 3.8) is 0 Å². The molecule has 0 amide bonds. The lowest BCUT2D eigenvalue weighted by Crippen LogP contribution is -2.21. The molecule has 1 unspecified atom stereocenters. The van der Waals surface area contributed by atoms with E-state index in [0.717, 1.165) is 52.7 Å². The zero-order valence-corrected chi connectivity index (χ0v) is 22.2. The Morgan fingerprint density at radius 2 is 1.92 bits per heavy atom. The van der Waals surface area contributed by atoms with Crippen LogP contribution in [0.25, 0.3) is 11.0 Å². The highest BCUT2D eigenvalue weighted by Gasteiger charge is 2.31. The predicted molar refractivity (Wildman–Crippen MR) is 148 cm³/mol. The Morgan fingerprint density at radius 3 is 2.69 bits per heavy atom. The highest BCUT2D eigenvalue weighted by atomic mass is 16.5. The minimum atomic E-state index is -0.604. The molecule has 2 N–H and O–H groups in total. The number of hydrogen-bond acceptors (Lipinski definition) is 7. The largest absolute Gasteiger partial charge is 0.494 e. The fraction of sp³-hybridized carbons (Fsp3) is 0.250. The zero-order valence-electron chi connectivity index (χ0n) is 22.2. The van der Waals surface area contributed by atoms with Gasteiger partial charge in [0.15, 0.2) is 0 Å². The van der Waals surface area contributed by atoms with E-state index in [4.69, 9.17) is 24.4 Å². The first-order valence-electron chi connectivity index (χ1n) is 13.1. The number of ether oxygens (including phenoxy) is 3. The number of furan rings is 1. The molecule has 4 aromatic rings. The molecule has 1 aliphatic rings. The minimum absolute atomic E-state index is 0.00985. The van der Waals surface area contributed by atoms with Crippen LogP contribution in [0.2, 0.25) is 0 Å². The quantitative estimate of drug-likeness (QED) is 0.152. The second-order valence-electron chi connectivity index (χ2n) is 9.53. The number of hydrogen-bond donors (Lipinski definition) is 1. The fourth-order valence-corrected chi connectivity index (χ4v) is 4.80. The number of carbonyl (C=O) groups is 1. The Morgan fingerprint density at radius 1 is 1.08 bits per heavy atom. The molecule has 0 bridgehead atoms. The summed E-state index contributed by atoms with van der Waals surface area (Å²) < 4.78 is 23.2. The Kier molecular flexibility index (Phi) is 7.29. The van der Waals surface area contributed by atoms with Crippen molar-refractivity contribution >= 4 is 16.9 Å². The van der Waals surface area contributed by atoms with Gasteiger partial charge in [-0.05, 0) is 61.2 Å². The van der Waals surface area contributed by atoms with Crippen LogP contribution in [0.3, 0.4) is 0 Å². The Balaban J connectivity index is 1.44. The minimum Gasteiger partial charge on any atom is -0.494 e. The van der Waals surface area contributed by atoms with Gasteiger partial charge in [0.25, 0.3) is 0 Å². The lowest BCUT2D eigenvalue weighted by atomic mass is 9.83. The molecule has 0 aliphatic carbocycles. The first-order valence-corrected chi connectivity index (χ1v) is 13.1. The monoisotopic (exact) mass is 522 g/mol. The number of aryl methyl sites for hydroxylation is 2. The SMILES string of the molecule is CCCCOc1cccc(C2C(C#N)=C(N)Oc3cc(OC(=O)c4oc5ccc(CC)cc5c4C)ccc32)c1. The fourth-order valence-electron chi connectivity index (χ4n) is 4.80. The second-order valence-corrected chi connectivity index (χ2v) is 9.53. The van der Waals surface area contributed by atoms with Crippen molar-refractivity contribution in [2.45, 2.75) is 46.0 Å². The van der Waals surface area contributed by atoms with Gasteiger partial charge in [0.1, 0.15) is 34.5 Å². The van der Waals surface area contributed by atoms with Crippen molar-refractivity contribution < 1.29 is 23.4 Å². The van der Waals surface area contributed by atoms with Crippen molar-refractivity contribution in [2.75, 3.05) is 6.61 Å². The maximum Gasteiger partial charge on any atom is 0.379 e. The number of fused-ring (bicyclic) bond motifs is 2. The molecule has 0 radical (unpaired) electrons. The number of nitriles is 1. The van der Waals surface area contributed by atoms with Crippen LogP contribution in [0.4, 0.5) is 0 Å². The van der Waals surface area contributed by atoms with Gasteiger partial charge in [0.2, 0.25) is 11.6 Å². The number of unbranched alkanes of at least 4 members (excludes halogenated alkanes) is 1. The van der Waals surface area contributed by atoms with Crippen LogP contribution in [0.15, 0.2) is 76.5 Å². The summed E-state index contributed by atoms with van der Waals surface area (Å²) in [6.07, 6.45) is 2.88. The lowest BCUT2D eigenvalue weighted by molar-refractivity contribution is 0.0702. The third kappa shape index (κ3) is 5.06. The van der Waals surface area contributed by atoms with Crippen LogP contribution < -0.4 is 19.9 Å². The van der Waals surface area contributed by atoms with Gasteiger partial charge in [-0.25, -0.2) is 4.79 Å². The van der Waals surface area contributed by atoms with E-state index >= 15 is 0 Å². The van der Waals surface area contributed by atoms with Gasteiger partial charge in [-0.15, -0.1) is 0 Å². The first-order chi connectivity index (χ1) is 18.9. The normalized spacial score (nSPS) is 14.5. The van der Waals surface area contributed by atoms with E-state index in [0.29, 0.717) is 23.5 Å². The van der Waals surface area contributed by atoms with Crippen molar-refractivity contribution in [3.8, 4) is 23.3 Å². The number of carbonyl (C=O) groups excluding carboxylic acids is 1. The molecule has 1 aromatic heterocycles. The van der Waals surface area contributed by atoms with Crippen molar-refractivity contribution in [3.05, 3.63) is 100 Å². The highest BCUT2D eigenvalue weighted by molar-refractivity contribution is 5.97. The van der Waals surface area contributed by atoms with E-state index in [1.807, 2.05) is 49.4 Å². The summed E-state index contributed by atoms with van der Waals surface area (Å²) in [4.78, 5) is 13.1. The maximum atomic E-state index is 13.1. The van der Waals surface area contributed by atoms with Crippen molar-refractivity contribution in [2.24, 2.45) is 5.73 Å². The average Bonchev–Trinajstić information content (AvgIpc) is 3.28. The average molecular weight is 523 g/mol. The molecule has 5 rings (SSSR count). The molecular formula is C32H30N2O5. The van der Waals surface area contributed by atoms with Crippen LogP contribution in [-0.2, 0) is 6.42 Å². The lowest BCUT2D eigenvalue weighted by Gasteiger charge is -2.27. The molecule has 1 atom stereocenters. The molecule has 0 spiro atoms. The smallest absolute Gasteiger partial charge is 0.379 e. The van der Waals surface area contributed by atoms with E-state index in [2.05, 4.69) is 19.9 Å². The van der Waals surface area contributed by atoms with Gasteiger partial charge < -0.3 is 24.4 Å². The summed E-state index contributed by atoms with van der Waals surface area (Å²) >= 11 is 0. The van der Waals surface area contributed by atoms with Crippen LogP contribution in [0.5, 0.6) is 17.2 Å². The molecule has 39 heavy (non-hydrogen) atoms. The number of benzene rings is 3. The third-order valence-electron chi connectivity index (χ3n) is 6.95. The molecule has 0 fully saturated rings. The molecule has 1 aliphatic heterocycles. The Hall–Kier alpha value is -4.70. The van der Waals surface area contributed by atoms with Gasteiger partial charge in [-0.1, -0.05) is 44.5 Å².